The number of carbonyl (C=O) groups is 1. The minimum absolute atomic E-state index is 0.173. The van der Waals surface area contributed by atoms with Crippen LogP contribution in [0.2, 0.25) is 0 Å². The number of para-hydroxylation sites is 2. The van der Waals surface area contributed by atoms with Crippen LogP contribution < -0.4 is 4.74 Å². The van der Waals surface area contributed by atoms with Crippen molar-refractivity contribution in [3.8, 4) is 17.1 Å². The Labute approximate surface area is 191 Å². The molecule has 1 fully saturated rings. The third-order valence-electron chi connectivity index (χ3n) is 5.99. The standard InChI is InChI=1S/C24H26N6O3/c1-32-19-8-6-18(7-9-19)24-26-22(33-27-24)16-28-12-14-29(15-13-28)23(31)10-11-30-17-25-20-4-2-3-5-21(20)30/h2-9,17H,10-16H2,1H3. The van der Waals surface area contributed by atoms with Crippen LogP contribution in [0, 0.1) is 0 Å². The van der Waals surface area contributed by atoms with Crippen molar-refractivity contribution in [2.24, 2.45) is 0 Å². The summed E-state index contributed by atoms with van der Waals surface area (Å²) >= 11 is 0. The zero-order valence-corrected chi connectivity index (χ0v) is 18.6. The van der Waals surface area contributed by atoms with Gasteiger partial charge in [0.25, 0.3) is 0 Å². The SMILES string of the molecule is COc1ccc(-c2noc(CN3CCN(C(=O)CCn4cnc5ccccc54)CC3)n2)cc1. The normalized spacial score (nSPS) is 14.6. The Morgan fingerprint density at radius 3 is 2.64 bits per heavy atom. The Morgan fingerprint density at radius 1 is 1.06 bits per heavy atom. The lowest BCUT2D eigenvalue weighted by atomic mass is 10.2. The van der Waals surface area contributed by atoms with E-state index >= 15 is 0 Å². The van der Waals surface area contributed by atoms with E-state index < -0.39 is 0 Å². The first kappa shape index (κ1) is 21.1. The number of piperazine rings is 1. The number of aromatic nitrogens is 4. The monoisotopic (exact) mass is 446 g/mol. The molecule has 4 aromatic rings. The van der Waals surface area contributed by atoms with Crippen molar-refractivity contribution in [2.45, 2.75) is 19.5 Å². The van der Waals surface area contributed by atoms with Crippen molar-refractivity contribution >= 4 is 16.9 Å². The molecule has 1 amide bonds. The van der Waals surface area contributed by atoms with E-state index in [2.05, 4.69) is 20.0 Å². The van der Waals surface area contributed by atoms with Crippen molar-refractivity contribution < 1.29 is 14.1 Å². The molecule has 0 aliphatic carbocycles. The zero-order valence-electron chi connectivity index (χ0n) is 18.6. The summed E-state index contributed by atoms with van der Waals surface area (Å²) in [6.45, 7) is 4.16. The maximum atomic E-state index is 12.7. The summed E-state index contributed by atoms with van der Waals surface area (Å²) in [5, 5.41) is 4.10. The third-order valence-corrected chi connectivity index (χ3v) is 5.99. The largest absolute Gasteiger partial charge is 0.497 e. The van der Waals surface area contributed by atoms with Crippen LogP contribution >= 0.6 is 0 Å². The number of amides is 1. The van der Waals surface area contributed by atoms with Gasteiger partial charge in [-0.3, -0.25) is 9.69 Å². The summed E-state index contributed by atoms with van der Waals surface area (Å²) in [7, 11) is 1.64. The first-order valence-electron chi connectivity index (χ1n) is 11.1. The number of benzene rings is 2. The Kier molecular flexibility index (Phi) is 6.03. The Morgan fingerprint density at radius 2 is 1.85 bits per heavy atom. The Hall–Kier alpha value is -3.72. The van der Waals surface area contributed by atoms with E-state index in [1.807, 2.05) is 58.0 Å². The third kappa shape index (κ3) is 4.73. The highest BCUT2D eigenvalue weighted by molar-refractivity contribution is 5.77. The van der Waals surface area contributed by atoms with Crippen LogP contribution in [0.25, 0.3) is 22.4 Å². The van der Waals surface area contributed by atoms with Crippen LogP contribution in [0.1, 0.15) is 12.3 Å². The lowest BCUT2D eigenvalue weighted by Crippen LogP contribution is -2.48. The van der Waals surface area contributed by atoms with E-state index in [-0.39, 0.29) is 5.91 Å². The molecule has 3 heterocycles. The van der Waals surface area contributed by atoms with Gasteiger partial charge >= 0.3 is 0 Å². The highest BCUT2D eigenvalue weighted by atomic mass is 16.5. The number of methoxy groups -OCH3 is 1. The topological polar surface area (TPSA) is 89.5 Å². The van der Waals surface area contributed by atoms with Gasteiger partial charge in [-0.25, -0.2) is 4.98 Å². The molecule has 5 rings (SSSR count). The van der Waals surface area contributed by atoms with Crippen LogP contribution in [0.15, 0.2) is 59.4 Å². The molecular formula is C24H26N6O3. The van der Waals surface area contributed by atoms with E-state index in [0.717, 1.165) is 35.4 Å². The maximum Gasteiger partial charge on any atom is 0.241 e. The molecule has 2 aromatic heterocycles. The number of ether oxygens (including phenoxy) is 1. The molecule has 0 saturated carbocycles. The highest BCUT2D eigenvalue weighted by Gasteiger charge is 2.22. The van der Waals surface area contributed by atoms with Gasteiger partial charge in [0.15, 0.2) is 0 Å². The lowest BCUT2D eigenvalue weighted by Gasteiger charge is -2.34. The van der Waals surface area contributed by atoms with Gasteiger partial charge < -0.3 is 18.7 Å². The van der Waals surface area contributed by atoms with Crippen molar-refractivity contribution in [1.29, 1.82) is 0 Å². The van der Waals surface area contributed by atoms with Crippen molar-refractivity contribution in [3.05, 3.63) is 60.7 Å². The number of hydrogen-bond donors (Lipinski definition) is 0. The minimum atomic E-state index is 0.173. The maximum absolute atomic E-state index is 12.7. The van der Waals surface area contributed by atoms with Crippen molar-refractivity contribution in [3.63, 3.8) is 0 Å². The number of rotatable bonds is 7. The molecule has 0 atom stereocenters. The van der Waals surface area contributed by atoms with Gasteiger partial charge in [0.2, 0.25) is 17.6 Å². The van der Waals surface area contributed by atoms with Gasteiger partial charge in [-0.05, 0) is 36.4 Å². The number of hydrogen-bond acceptors (Lipinski definition) is 7. The average molecular weight is 447 g/mol. The summed E-state index contributed by atoms with van der Waals surface area (Å²) < 4.78 is 12.7. The molecule has 2 aromatic carbocycles. The molecule has 0 bridgehead atoms. The minimum Gasteiger partial charge on any atom is -0.497 e. The second-order valence-electron chi connectivity index (χ2n) is 8.07. The van der Waals surface area contributed by atoms with E-state index in [9.17, 15) is 4.79 Å². The molecule has 33 heavy (non-hydrogen) atoms. The Balaban J connectivity index is 1.10. The van der Waals surface area contributed by atoms with E-state index in [1.165, 1.54) is 0 Å². The molecule has 1 aliphatic rings. The van der Waals surface area contributed by atoms with Gasteiger partial charge in [0.05, 0.1) is 31.0 Å². The summed E-state index contributed by atoms with van der Waals surface area (Å²) in [4.78, 5) is 25.8. The second-order valence-corrected chi connectivity index (χ2v) is 8.07. The van der Waals surface area contributed by atoms with Crippen molar-refractivity contribution in [2.75, 3.05) is 33.3 Å². The number of nitrogens with zero attached hydrogens (tertiary/aromatic N) is 6. The summed E-state index contributed by atoms with van der Waals surface area (Å²) in [5.41, 5.74) is 2.89. The average Bonchev–Trinajstić information content (AvgIpc) is 3.50. The van der Waals surface area contributed by atoms with Crippen LogP contribution in [-0.2, 0) is 17.9 Å². The predicted molar refractivity (Wildman–Crippen MR) is 122 cm³/mol. The van der Waals surface area contributed by atoms with Gasteiger partial charge in [0, 0.05) is 44.7 Å². The van der Waals surface area contributed by atoms with Gasteiger partial charge in [-0.2, -0.15) is 4.98 Å². The molecule has 1 saturated heterocycles. The number of aryl methyl sites for hydroxylation is 1. The molecule has 9 nitrogen and oxygen atoms in total. The molecular weight excluding hydrogens is 420 g/mol. The lowest BCUT2D eigenvalue weighted by molar-refractivity contribution is -0.133. The van der Waals surface area contributed by atoms with Gasteiger partial charge in [0.1, 0.15) is 5.75 Å². The first-order chi connectivity index (χ1) is 16.2. The molecule has 0 radical (unpaired) electrons. The van der Waals surface area contributed by atoms with Crippen LogP contribution in [0.5, 0.6) is 5.75 Å². The summed E-state index contributed by atoms with van der Waals surface area (Å²) in [6.07, 6.45) is 2.27. The fraction of sp³-hybridized carbons (Fsp3) is 0.333. The molecule has 0 spiro atoms. The van der Waals surface area contributed by atoms with E-state index in [4.69, 9.17) is 9.26 Å². The van der Waals surface area contributed by atoms with Crippen molar-refractivity contribution in [1.82, 2.24) is 29.5 Å². The van der Waals surface area contributed by atoms with Gasteiger partial charge in [-0.15, -0.1) is 0 Å². The molecule has 0 N–H and O–H groups in total. The highest BCUT2D eigenvalue weighted by Crippen LogP contribution is 2.20. The molecule has 9 heteroatoms. The van der Waals surface area contributed by atoms with E-state index in [1.54, 1.807) is 13.4 Å². The summed E-state index contributed by atoms with van der Waals surface area (Å²) in [6, 6.07) is 15.5. The van der Waals surface area contributed by atoms with E-state index in [0.29, 0.717) is 44.3 Å². The van der Waals surface area contributed by atoms with Crippen LogP contribution in [0.3, 0.4) is 0 Å². The fourth-order valence-corrected chi connectivity index (χ4v) is 4.09. The zero-order chi connectivity index (χ0) is 22.6. The first-order valence-corrected chi connectivity index (χ1v) is 11.1. The smallest absolute Gasteiger partial charge is 0.241 e. The Bertz CT molecular complexity index is 1220. The number of fused-ring (bicyclic) bond motifs is 1. The van der Waals surface area contributed by atoms with Gasteiger partial charge in [-0.1, -0.05) is 17.3 Å². The molecule has 0 unspecified atom stereocenters. The summed E-state index contributed by atoms with van der Waals surface area (Å²) in [5.74, 6) is 2.10. The molecule has 1 aliphatic heterocycles. The number of imidazole rings is 1. The second kappa shape index (κ2) is 9.41. The van der Waals surface area contributed by atoms with Crippen LogP contribution in [0.4, 0.5) is 0 Å². The predicted octanol–water partition coefficient (Wildman–Crippen LogP) is 2.83. The molecule has 170 valence electrons. The quantitative estimate of drug-likeness (QED) is 0.431. The fourth-order valence-electron chi connectivity index (χ4n) is 4.09. The van der Waals surface area contributed by atoms with Crippen LogP contribution in [-0.4, -0.2) is 68.7 Å². The number of carbonyl (C=O) groups excluding carboxylic acids is 1.